The normalized spacial score (nSPS) is 16.9. The van der Waals surface area contributed by atoms with Gasteiger partial charge in [-0.15, -0.1) is 0 Å². The van der Waals surface area contributed by atoms with Gasteiger partial charge in [0.2, 0.25) is 11.8 Å². The number of carbonyl (C=O) groups excluding carboxylic acids is 3. The van der Waals surface area contributed by atoms with Gasteiger partial charge in [0.05, 0.1) is 13.0 Å². The average Bonchev–Trinajstić information content (AvgIpc) is 2.81. The molecule has 0 spiro atoms. The molecule has 1 atom stereocenters. The molecule has 1 aliphatic rings. The largest absolute Gasteiger partial charge is 0.466 e. The predicted octanol–water partition coefficient (Wildman–Crippen LogP) is 0.490. The molecule has 3 N–H and O–H groups in total. The predicted molar refractivity (Wildman–Crippen MR) is 69.0 cm³/mol. The maximum atomic E-state index is 11.8. The van der Waals surface area contributed by atoms with Crippen molar-refractivity contribution in [3.05, 3.63) is 0 Å². The molecule has 0 saturated heterocycles. The maximum absolute atomic E-state index is 11.8. The molecule has 0 heterocycles. The van der Waals surface area contributed by atoms with Crippen LogP contribution in [-0.4, -0.2) is 30.4 Å². The number of amides is 2. The third-order valence-electron chi connectivity index (χ3n) is 3.30. The van der Waals surface area contributed by atoms with Crippen molar-refractivity contribution in [2.45, 2.75) is 51.5 Å². The third kappa shape index (κ3) is 5.72. The molecule has 0 aromatic carbocycles. The first kappa shape index (κ1) is 15.5. The summed E-state index contributed by atoms with van der Waals surface area (Å²) in [5.74, 6) is -1.09. The van der Waals surface area contributed by atoms with Crippen molar-refractivity contribution < 1.29 is 19.1 Å². The number of carbonyl (C=O) groups is 3. The first-order valence-electron chi connectivity index (χ1n) is 6.77. The van der Waals surface area contributed by atoms with Gasteiger partial charge < -0.3 is 15.8 Å². The summed E-state index contributed by atoms with van der Waals surface area (Å²) in [6.07, 6.45) is 4.59. The van der Waals surface area contributed by atoms with E-state index in [0.717, 1.165) is 25.7 Å². The van der Waals surface area contributed by atoms with Crippen molar-refractivity contribution in [2.75, 3.05) is 6.61 Å². The van der Waals surface area contributed by atoms with E-state index >= 15 is 0 Å². The Morgan fingerprint density at radius 3 is 2.47 bits per heavy atom. The smallest absolute Gasteiger partial charge is 0.308 e. The zero-order valence-corrected chi connectivity index (χ0v) is 11.3. The van der Waals surface area contributed by atoms with Gasteiger partial charge in [0.1, 0.15) is 6.04 Å². The van der Waals surface area contributed by atoms with E-state index in [2.05, 4.69) is 5.32 Å². The molecule has 0 aromatic heterocycles. The first-order chi connectivity index (χ1) is 9.02. The third-order valence-corrected chi connectivity index (χ3v) is 3.30. The molecule has 19 heavy (non-hydrogen) atoms. The lowest BCUT2D eigenvalue weighted by Crippen LogP contribution is -2.46. The number of hydrogen-bond donors (Lipinski definition) is 2. The van der Waals surface area contributed by atoms with Gasteiger partial charge in [-0.1, -0.05) is 12.8 Å². The van der Waals surface area contributed by atoms with Crippen LogP contribution >= 0.6 is 0 Å². The highest BCUT2D eigenvalue weighted by Crippen LogP contribution is 2.27. The summed E-state index contributed by atoms with van der Waals surface area (Å²) < 4.78 is 4.74. The lowest BCUT2D eigenvalue weighted by Gasteiger charge is -2.16. The van der Waals surface area contributed by atoms with Gasteiger partial charge in [0, 0.05) is 6.42 Å². The van der Waals surface area contributed by atoms with Crippen molar-refractivity contribution in [1.29, 1.82) is 0 Å². The molecule has 0 bridgehead atoms. The second kappa shape index (κ2) is 7.76. The van der Waals surface area contributed by atoms with Crippen LogP contribution in [0.25, 0.3) is 0 Å². The molecule has 0 unspecified atom stereocenters. The van der Waals surface area contributed by atoms with Crippen molar-refractivity contribution in [1.82, 2.24) is 5.32 Å². The molecule has 108 valence electrons. The summed E-state index contributed by atoms with van der Waals surface area (Å²) in [6, 6.07) is -0.979. The highest BCUT2D eigenvalue weighted by Gasteiger charge is 2.24. The quantitative estimate of drug-likeness (QED) is 0.658. The lowest BCUT2D eigenvalue weighted by atomic mass is 10.0. The van der Waals surface area contributed by atoms with E-state index in [1.807, 2.05) is 0 Å². The molecule has 0 aliphatic heterocycles. The molecule has 1 aliphatic carbocycles. The number of nitrogens with one attached hydrogen (secondary N) is 1. The summed E-state index contributed by atoms with van der Waals surface area (Å²) in [4.78, 5) is 34.3. The van der Waals surface area contributed by atoms with E-state index in [4.69, 9.17) is 10.5 Å². The number of esters is 1. The Balaban J connectivity index is 2.41. The van der Waals surface area contributed by atoms with E-state index < -0.39 is 17.9 Å². The van der Waals surface area contributed by atoms with Crippen molar-refractivity contribution >= 4 is 17.8 Å². The van der Waals surface area contributed by atoms with Crippen LogP contribution in [0.3, 0.4) is 0 Å². The summed E-state index contributed by atoms with van der Waals surface area (Å²) >= 11 is 0. The number of ether oxygens (including phenoxy) is 1. The van der Waals surface area contributed by atoms with Crippen molar-refractivity contribution in [3.8, 4) is 0 Å². The molecule has 1 saturated carbocycles. The lowest BCUT2D eigenvalue weighted by molar-refractivity contribution is -0.145. The van der Waals surface area contributed by atoms with E-state index in [9.17, 15) is 14.4 Å². The molecule has 0 aromatic rings. The first-order valence-corrected chi connectivity index (χ1v) is 6.77. The molecule has 0 radical (unpaired) electrons. The average molecular weight is 270 g/mol. The van der Waals surface area contributed by atoms with Crippen LogP contribution in [0.5, 0.6) is 0 Å². The second-order valence-electron chi connectivity index (χ2n) is 4.89. The SMILES string of the molecule is CCOC(=O)C[C@@H](NC(=O)CC1CCCC1)C(N)=O. The minimum absolute atomic E-state index is 0.209. The summed E-state index contributed by atoms with van der Waals surface area (Å²) in [5.41, 5.74) is 5.18. The van der Waals surface area contributed by atoms with E-state index in [1.54, 1.807) is 6.92 Å². The zero-order valence-electron chi connectivity index (χ0n) is 11.3. The van der Waals surface area contributed by atoms with Gasteiger partial charge in [-0.05, 0) is 25.7 Å². The summed E-state index contributed by atoms with van der Waals surface area (Å²) in [7, 11) is 0. The molecule has 1 rings (SSSR count). The Morgan fingerprint density at radius 1 is 1.32 bits per heavy atom. The Bertz CT molecular complexity index is 338. The standard InChI is InChI=1S/C13H22N2O4/c1-2-19-12(17)8-10(13(14)18)15-11(16)7-9-5-3-4-6-9/h9-10H,2-8H2,1H3,(H2,14,18)(H,15,16)/t10-/m1/s1. The van der Waals surface area contributed by atoms with Gasteiger partial charge in [-0.2, -0.15) is 0 Å². The molecular weight excluding hydrogens is 248 g/mol. The van der Waals surface area contributed by atoms with Crippen LogP contribution in [-0.2, 0) is 19.1 Å². The van der Waals surface area contributed by atoms with Crippen LogP contribution in [0.2, 0.25) is 0 Å². The topological polar surface area (TPSA) is 98.5 Å². The van der Waals surface area contributed by atoms with Gasteiger partial charge >= 0.3 is 5.97 Å². The van der Waals surface area contributed by atoms with Crippen molar-refractivity contribution in [2.24, 2.45) is 11.7 Å². The number of primary amides is 1. The summed E-state index contributed by atoms with van der Waals surface area (Å²) in [6.45, 7) is 1.91. The van der Waals surface area contributed by atoms with E-state index in [1.165, 1.54) is 0 Å². The van der Waals surface area contributed by atoms with E-state index in [0.29, 0.717) is 12.3 Å². The number of hydrogen-bond acceptors (Lipinski definition) is 4. The fourth-order valence-electron chi connectivity index (χ4n) is 2.34. The Kier molecular flexibility index (Phi) is 6.32. The monoisotopic (exact) mass is 270 g/mol. The Hall–Kier alpha value is -1.59. The van der Waals surface area contributed by atoms with Crippen LogP contribution in [0.1, 0.15) is 45.4 Å². The zero-order chi connectivity index (χ0) is 14.3. The van der Waals surface area contributed by atoms with Crippen molar-refractivity contribution in [3.63, 3.8) is 0 Å². The van der Waals surface area contributed by atoms with Gasteiger partial charge in [-0.3, -0.25) is 14.4 Å². The Labute approximate surface area is 113 Å². The van der Waals surface area contributed by atoms with Crippen LogP contribution in [0.15, 0.2) is 0 Å². The van der Waals surface area contributed by atoms with Gasteiger partial charge in [0.15, 0.2) is 0 Å². The second-order valence-corrected chi connectivity index (χ2v) is 4.89. The molecule has 1 fully saturated rings. The molecular formula is C13H22N2O4. The fourth-order valence-corrected chi connectivity index (χ4v) is 2.34. The fraction of sp³-hybridized carbons (Fsp3) is 0.769. The summed E-state index contributed by atoms with van der Waals surface area (Å²) in [5, 5.41) is 2.52. The highest BCUT2D eigenvalue weighted by molar-refractivity contribution is 5.90. The molecule has 6 heteroatoms. The highest BCUT2D eigenvalue weighted by atomic mass is 16.5. The number of rotatable bonds is 7. The maximum Gasteiger partial charge on any atom is 0.308 e. The van der Waals surface area contributed by atoms with E-state index in [-0.39, 0.29) is 18.9 Å². The van der Waals surface area contributed by atoms with Gasteiger partial charge in [-0.25, -0.2) is 0 Å². The minimum atomic E-state index is -0.979. The number of nitrogens with two attached hydrogens (primary N) is 1. The minimum Gasteiger partial charge on any atom is -0.466 e. The Morgan fingerprint density at radius 2 is 1.95 bits per heavy atom. The van der Waals surface area contributed by atoms with Crippen LogP contribution in [0.4, 0.5) is 0 Å². The van der Waals surface area contributed by atoms with Crippen LogP contribution < -0.4 is 11.1 Å². The molecule has 2 amide bonds. The van der Waals surface area contributed by atoms with Gasteiger partial charge in [0.25, 0.3) is 0 Å². The van der Waals surface area contributed by atoms with Crippen LogP contribution in [0, 0.1) is 5.92 Å². The molecule has 6 nitrogen and oxygen atoms in total.